The molecule has 0 N–H and O–H groups in total. The van der Waals surface area contributed by atoms with Crippen LogP contribution in [0, 0.1) is 6.92 Å². The molecule has 1 aliphatic rings. The molecule has 1 amide bonds. The normalized spacial score (nSPS) is 14.1. The van der Waals surface area contributed by atoms with Crippen LogP contribution in [0.25, 0.3) is 16.6 Å². The molecular weight excluding hydrogens is 386 g/mol. The Kier molecular flexibility index (Phi) is 5.41. The van der Waals surface area contributed by atoms with Crippen LogP contribution in [-0.2, 0) is 16.1 Å². The van der Waals surface area contributed by atoms with E-state index in [1.54, 1.807) is 41.3 Å². The van der Waals surface area contributed by atoms with Gasteiger partial charge in [-0.25, -0.2) is 9.36 Å². The number of hydrogen-bond acceptors (Lipinski definition) is 5. The highest BCUT2D eigenvalue weighted by Gasteiger charge is 2.22. The molecule has 8 nitrogen and oxygen atoms in total. The van der Waals surface area contributed by atoms with Crippen LogP contribution >= 0.6 is 0 Å². The number of nitrogens with zero attached hydrogens (tertiary/aromatic N) is 3. The highest BCUT2D eigenvalue weighted by atomic mass is 16.5. The third-order valence-electron chi connectivity index (χ3n) is 5.28. The minimum atomic E-state index is -0.581. The van der Waals surface area contributed by atoms with Crippen LogP contribution in [0.2, 0.25) is 0 Å². The van der Waals surface area contributed by atoms with Crippen LogP contribution in [-0.4, -0.2) is 53.4 Å². The molecule has 0 saturated carbocycles. The fourth-order valence-corrected chi connectivity index (χ4v) is 3.72. The SMILES string of the molecule is COc1ccccc1-n1c(=O)c2cc(C)ccc2n(CC(=O)N2CCOCC2)c1=O. The Balaban J connectivity index is 1.94. The van der Waals surface area contributed by atoms with Crippen molar-refractivity contribution in [1.82, 2.24) is 14.0 Å². The van der Waals surface area contributed by atoms with Gasteiger partial charge in [0.05, 0.1) is 36.9 Å². The summed E-state index contributed by atoms with van der Waals surface area (Å²) in [6.45, 7) is 3.63. The quantitative estimate of drug-likeness (QED) is 0.649. The van der Waals surface area contributed by atoms with Crippen LogP contribution in [0.5, 0.6) is 5.75 Å². The summed E-state index contributed by atoms with van der Waals surface area (Å²) in [6.07, 6.45) is 0. The molecule has 8 heteroatoms. The van der Waals surface area contributed by atoms with Crippen molar-refractivity contribution >= 4 is 16.8 Å². The number of carbonyl (C=O) groups excluding carboxylic acids is 1. The first-order chi connectivity index (χ1) is 14.5. The molecule has 0 unspecified atom stereocenters. The van der Waals surface area contributed by atoms with Crippen molar-refractivity contribution in [2.45, 2.75) is 13.5 Å². The van der Waals surface area contributed by atoms with Gasteiger partial charge < -0.3 is 14.4 Å². The van der Waals surface area contributed by atoms with Crippen LogP contribution in [0.1, 0.15) is 5.56 Å². The number of benzene rings is 2. The van der Waals surface area contributed by atoms with Crippen molar-refractivity contribution in [3.05, 3.63) is 68.9 Å². The Labute approximate surface area is 172 Å². The Morgan fingerprint density at radius 3 is 2.57 bits per heavy atom. The largest absolute Gasteiger partial charge is 0.495 e. The topological polar surface area (TPSA) is 82.8 Å². The van der Waals surface area contributed by atoms with E-state index in [0.29, 0.717) is 48.6 Å². The van der Waals surface area contributed by atoms with E-state index in [2.05, 4.69) is 0 Å². The standard InChI is InChI=1S/C22H23N3O5/c1-15-7-8-17-16(13-15)21(27)25(18-5-3-4-6-19(18)29-2)22(28)24(17)14-20(26)23-9-11-30-12-10-23/h3-8,13H,9-12,14H2,1-2H3. The van der Waals surface area contributed by atoms with Gasteiger partial charge in [-0.2, -0.15) is 0 Å². The van der Waals surface area contributed by atoms with E-state index in [1.165, 1.54) is 11.7 Å². The first-order valence-electron chi connectivity index (χ1n) is 9.76. The average Bonchev–Trinajstić information content (AvgIpc) is 2.77. The zero-order valence-electron chi connectivity index (χ0n) is 17.0. The maximum Gasteiger partial charge on any atom is 0.336 e. The maximum atomic E-state index is 13.5. The first-order valence-corrected chi connectivity index (χ1v) is 9.76. The number of para-hydroxylation sites is 2. The second-order valence-corrected chi connectivity index (χ2v) is 7.19. The van der Waals surface area contributed by atoms with Gasteiger partial charge in [0.1, 0.15) is 12.3 Å². The van der Waals surface area contributed by atoms with E-state index < -0.39 is 11.2 Å². The number of fused-ring (bicyclic) bond motifs is 1. The summed E-state index contributed by atoms with van der Waals surface area (Å²) in [6, 6.07) is 12.1. The summed E-state index contributed by atoms with van der Waals surface area (Å²) < 4.78 is 13.1. The molecule has 2 heterocycles. The van der Waals surface area contributed by atoms with Crippen LogP contribution in [0.15, 0.2) is 52.1 Å². The molecule has 0 radical (unpaired) electrons. The lowest BCUT2D eigenvalue weighted by Crippen LogP contribution is -2.46. The number of morpholine rings is 1. The number of aromatic nitrogens is 2. The lowest BCUT2D eigenvalue weighted by atomic mass is 10.1. The Hall–Kier alpha value is -3.39. The molecule has 0 bridgehead atoms. The van der Waals surface area contributed by atoms with Crippen LogP contribution in [0.4, 0.5) is 0 Å². The van der Waals surface area contributed by atoms with Crippen molar-refractivity contribution in [3.8, 4) is 11.4 Å². The van der Waals surface area contributed by atoms with Gasteiger partial charge in [0.25, 0.3) is 5.56 Å². The summed E-state index contributed by atoms with van der Waals surface area (Å²) in [5, 5.41) is 0.371. The second kappa shape index (κ2) is 8.16. The van der Waals surface area contributed by atoms with Gasteiger partial charge in [0.2, 0.25) is 5.91 Å². The molecule has 1 saturated heterocycles. The summed E-state index contributed by atoms with van der Waals surface area (Å²) in [5.41, 5.74) is 0.631. The van der Waals surface area contributed by atoms with Gasteiger partial charge in [-0.1, -0.05) is 23.8 Å². The monoisotopic (exact) mass is 409 g/mol. The fourth-order valence-electron chi connectivity index (χ4n) is 3.72. The molecule has 30 heavy (non-hydrogen) atoms. The summed E-state index contributed by atoms with van der Waals surface area (Å²) >= 11 is 0. The predicted octanol–water partition coefficient (Wildman–Crippen LogP) is 1.33. The lowest BCUT2D eigenvalue weighted by Gasteiger charge is -2.27. The van der Waals surface area contributed by atoms with E-state index >= 15 is 0 Å². The van der Waals surface area contributed by atoms with E-state index in [0.717, 1.165) is 10.1 Å². The van der Waals surface area contributed by atoms with Gasteiger partial charge in [0.15, 0.2) is 0 Å². The van der Waals surface area contributed by atoms with Gasteiger partial charge in [-0.05, 0) is 31.2 Å². The number of amides is 1. The number of methoxy groups -OCH3 is 1. The van der Waals surface area contributed by atoms with Gasteiger partial charge in [-0.3, -0.25) is 14.2 Å². The summed E-state index contributed by atoms with van der Waals surface area (Å²) in [5.74, 6) is 0.210. The molecule has 0 aliphatic carbocycles. The van der Waals surface area contributed by atoms with Crippen molar-refractivity contribution in [2.24, 2.45) is 0 Å². The molecule has 3 aromatic rings. The zero-order chi connectivity index (χ0) is 21.3. The highest BCUT2D eigenvalue weighted by molar-refractivity contribution is 5.82. The number of hydrogen-bond donors (Lipinski definition) is 0. The second-order valence-electron chi connectivity index (χ2n) is 7.19. The molecular formula is C22H23N3O5. The Bertz CT molecular complexity index is 1220. The molecule has 0 spiro atoms. The molecule has 4 rings (SSSR count). The van der Waals surface area contributed by atoms with E-state index in [-0.39, 0.29) is 12.5 Å². The highest BCUT2D eigenvalue weighted by Crippen LogP contribution is 2.21. The van der Waals surface area contributed by atoms with Gasteiger partial charge >= 0.3 is 5.69 Å². The molecule has 1 aromatic heterocycles. The van der Waals surface area contributed by atoms with Crippen LogP contribution in [0.3, 0.4) is 0 Å². The minimum absolute atomic E-state index is 0.159. The first kappa shape index (κ1) is 19.9. The number of rotatable bonds is 4. The van der Waals surface area contributed by atoms with Crippen molar-refractivity contribution in [2.75, 3.05) is 33.4 Å². The molecule has 1 aliphatic heterocycles. The van der Waals surface area contributed by atoms with Crippen molar-refractivity contribution < 1.29 is 14.3 Å². The molecule has 2 aromatic carbocycles. The molecule has 0 atom stereocenters. The van der Waals surface area contributed by atoms with Crippen LogP contribution < -0.4 is 16.0 Å². The van der Waals surface area contributed by atoms with E-state index in [4.69, 9.17) is 9.47 Å². The average molecular weight is 409 g/mol. The van der Waals surface area contributed by atoms with Gasteiger partial charge in [0, 0.05) is 13.1 Å². The summed E-state index contributed by atoms with van der Waals surface area (Å²) in [4.78, 5) is 41.3. The third kappa shape index (κ3) is 3.50. The summed E-state index contributed by atoms with van der Waals surface area (Å²) in [7, 11) is 1.48. The lowest BCUT2D eigenvalue weighted by molar-refractivity contribution is -0.135. The number of carbonyl (C=O) groups is 1. The third-order valence-corrected chi connectivity index (χ3v) is 5.28. The van der Waals surface area contributed by atoms with Gasteiger partial charge in [-0.15, -0.1) is 0 Å². The molecule has 156 valence electrons. The Morgan fingerprint density at radius 1 is 1.10 bits per heavy atom. The van der Waals surface area contributed by atoms with E-state index in [1.807, 2.05) is 13.0 Å². The van der Waals surface area contributed by atoms with Crippen molar-refractivity contribution in [3.63, 3.8) is 0 Å². The predicted molar refractivity (Wildman–Crippen MR) is 112 cm³/mol. The minimum Gasteiger partial charge on any atom is -0.495 e. The smallest absolute Gasteiger partial charge is 0.336 e. The molecule has 1 fully saturated rings. The fraction of sp³-hybridized carbons (Fsp3) is 0.318. The number of ether oxygens (including phenoxy) is 2. The number of aryl methyl sites for hydroxylation is 1. The van der Waals surface area contributed by atoms with Crippen molar-refractivity contribution in [1.29, 1.82) is 0 Å². The zero-order valence-corrected chi connectivity index (χ0v) is 17.0. The van der Waals surface area contributed by atoms with E-state index in [9.17, 15) is 14.4 Å². The Morgan fingerprint density at radius 2 is 1.83 bits per heavy atom. The maximum absolute atomic E-state index is 13.5.